The molecule has 2 N–H and O–H groups in total. The van der Waals surface area contributed by atoms with Crippen LogP contribution in [0.3, 0.4) is 0 Å². The maximum Gasteiger partial charge on any atom is 0.275 e. The third kappa shape index (κ3) is 3.41. The molecule has 0 saturated heterocycles. The van der Waals surface area contributed by atoms with Crippen LogP contribution in [0.25, 0.3) is 10.8 Å². The van der Waals surface area contributed by atoms with Crippen molar-refractivity contribution < 1.29 is 14.3 Å². The van der Waals surface area contributed by atoms with Gasteiger partial charge in [-0.2, -0.15) is 5.10 Å². The number of phenolic OH excluding ortho intramolecular Hbond substituents is 1. The van der Waals surface area contributed by atoms with E-state index in [0.29, 0.717) is 5.56 Å². The molecule has 24 heavy (non-hydrogen) atoms. The Bertz CT molecular complexity index is 931. The number of fused-ring (bicyclic) bond motifs is 1. The SMILES string of the molecule is Cc1cc(F)cc(/C=N/NC(=O)c2cc3ccccc3cc2O)c1. The van der Waals surface area contributed by atoms with Gasteiger partial charge in [-0.1, -0.05) is 30.3 Å². The lowest BCUT2D eigenvalue weighted by molar-refractivity contribution is 0.0952. The number of hydrazone groups is 1. The first kappa shape index (κ1) is 15.7. The topological polar surface area (TPSA) is 61.7 Å². The molecule has 0 aromatic heterocycles. The number of hydrogen-bond donors (Lipinski definition) is 2. The zero-order valence-corrected chi connectivity index (χ0v) is 13.0. The van der Waals surface area contributed by atoms with Gasteiger partial charge in [0.1, 0.15) is 11.6 Å². The van der Waals surface area contributed by atoms with Crippen molar-refractivity contribution in [2.45, 2.75) is 6.92 Å². The molecule has 3 aromatic carbocycles. The molecule has 3 aromatic rings. The number of phenols is 1. The number of carbonyl (C=O) groups is 1. The van der Waals surface area contributed by atoms with Gasteiger partial charge in [0, 0.05) is 0 Å². The molecule has 0 aliphatic carbocycles. The molecular weight excluding hydrogens is 307 g/mol. The van der Waals surface area contributed by atoms with Crippen LogP contribution in [0.4, 0.5) is 4.39 Å². The van der Waals surface area contributed by atoms with E-state index >= 15 is 0 Å². The average Bonchev–Trinajstić information content (AvgIpc) is 2.53. The van der Waals surface area contributed by atoms with Crippen LogP contribution < -0.4 is 5.43 Å². The molecule has 0 aliphatic rings. The van der Waals surface area contributed by atoms with E-state index in [0.717, 1.165) is 16.3 Å². The molecule has 0 atom stereocenters. The predicted molar refractivity (Wildman–Crippen MR) is 91.8 cm³/mol. The molecule has 0 saturated carbocycles. The Kier molecular flexibility index (Phi) is 4.24. The van der Waals surface area contributed by atoms with Crippen molar-refractivity contribution in [3.63, 3.8) is 0 Å². The zero-order valence-electron chi connectivity index (χ0n) is 13.0. The second-order valence-corrected chi connectivity index (χ2v) is 5.48. The summed E-state index contributed by atoms with van der Waals surface area (Å²) in [6.45, 7) is 1.77. The van der Waals surface area contributed by atoms with Crippen LogP contribution in [0, 0.1) is 12.7 Å². The van der Waals surface area contributed by atoms with Crippen LogP contribution in [0.15, 0.2) is 59.7 Å². The number of halogens is 1. The van der Waals surface area contributed by atoms with Crippen molar-refractivity contribution in [1.29, 1.82) is 0 Å². The monoisotopic (exact) mass is 322 g/mol. The summed E-state index contributed by atoms with van der Waals surface area (Å²) in [5.41, 5.74) is 3.76. The van der Waals surface area contributed by atoms with Gasteiger partial charge in [-0.25, -0.2) is 9.82 Å². The Morgan fingerprint density at radius 3 is 2.54 bits per heavy atom. The number of nitrogens with one attached hydrogen (secondary N) is 1. The van der Waals surface area contributed by atoms with Gasteiger partial charge in [0.2, 0.25) is 0 Å². The summed E-state index contributed by atoms with van der Waals surface area (Å²) in [6.07, 6.45) is 1.35. The van der Waals surface area contributed by atoms with Gasteiger partial charge in [-0.3, -0.25) is 4.79 Å². The van der Waals surface area contributed by atoms with Crippen LogP contribution in [0.5, 0.6) is 5.75 Å². The minimum Gasteiger partial charge on any atom is -0.507 e. The largest absolute Gasteiger partial charge is 0.507 e. The second kappa shape index (κ2) is 6.50. The van der Waals surface area contributed by atoms with E-state index in [1.165, 1.54) is 24.4 Å². The summed E-state index contributed by atoms with van der Waals surface area (Å²) >= 11 is 0. The number of amides is 1. The Morgan fingerprint density at radius 2 is 1.83 bits per heavy atom. The van der Waals surface area contributed by atoms with Gasteiger partial charge in [0.05, 0.1) is 11.8 Å². The van der Waals surface area contributed by atoms with Gasteiger partial charge in [-0.05, 0) is 53.1 Å². The lowest BCUT2D eigenvalue weighted by Gasteiger charge is -2.05. The van der Waals surface area contributed by atoms with E-state index in [9.17, 15) is 14.3 Å². The number of rotatable bonds is 3. The molecular formula is C19H15FN2O2. The summed E-state index contributed by atoms with van der Waals surface area (Å²) in [6, 6.07) is 15.0. The highest BCUT2D eigenvalue weighted by molar-refractivity contribution is 6.01. The number of nitrogens with zero attached hydrogens (tertiary/aromatic N) is 1. The number of benzene rings is 3. The number of aryl methyl sites for hydroxylation is 1. The van der Waals surface area contributed by atoms with E-state index in [2.05, 4.69) is 10.5 Å². The van der Waals surface area contributed by atoms with Crippen molar-refractivity contribution in [2.75, 3.05) is 0 Å². The van der Waals surface area contributed by atoms with Gasteiger partial charge in [-0.15, -0.1) is 0 Å². The van der Waals surface area contributed by atoms with E-state index in [1.54, 1.807) is 19.1 Å². The van der Waals surface area contributed by atoms with Crippen LogP contribution in [-0.2, 0) is 0 Å². The molecule has 5 heteroatoms. The van der Waals surface area contributed by atoms with E-state index in [4.69, 9.17) is 0 Å². The molecule has 0 radical (unpaired) electrons. The summed E-state index contributed by atoms with van der Waals surface area (Å²) in [5.74, 6) is -1.03. The fourth-order valence-electron chi connectivity index (χ4n) is 2.47. The van der Waals surface area contributed by atoms with Crippen LogP contribution >= 0.6 is 0 Å². The fraction of sp³-hybridized carbons (Fsp3) is 0.0526. The highest BCUT2D eigenvalue weighted by Gasteiger charge is 2.11. The van der Waals surface area contributed by atoms with E-state index in [1.807, 2.05) is 24.3 Å². The molecule has 0 aliphatic heterocycles. The molecule has 3 rings (SSSR count). The minimum absolute atomic E-state index is 0.122. The molecule has 0 unspecified atom stereocenters. The molecule has 0 bridgehead atoms. The maximum atomic E-state index is 13.3. The average molecular weight is 322 g/mol. The van der Waals surface area contributed by atoms with Crippen molar-refractivity contribution in [3.8, 4) is 5.75 Å². The Hall–Kier alpha value is -3.21. The first-order chi connectivity index (χ1) is 11.5. The summed E-state index contributed by atoms with van der Waals surface area (Å²) in [7, 11) is 0. The minimum atomic E-state index is -0.539. The molecule has 1 amide bonds. The quantitative estimate of drug-likeness (QED) is 0.570. The molecule has 4 nitrogen and oxygen atoms in total. The van der Waals surface area contributed by atoms with Crippen LogP contribution in [0.2, 0.25) is 0 Å². The van der Waals surface area contributed by atoms with Crippen molar-refractivity contribution in [2.24, 2.45) is 5.10 Å². The highest BCUT2D eigenvalue weighted by atomic mass is 19.1. The van der Waals surface area contributed by atoms with Crippen LogP contribution in [-0.4, -0.2) is 17.2 Å². The Morgan fingerprint density at radius 1 is 1.12 bits per heavy atom. The summed E-state index contributed by atoms with van der Waals surface area (Å²) in [4.78, 5) is 12.2. The smallest absolute Gasteiger partial charge is 0.275 e. The third-order valence-corrected chi connectivity index (χ3v) is 3.55. The van der Waals surface area contributed by atoms with Gasteiger partial charge in [0.25, 0.3) is 5.91 Å². The van der Waals surface area contributed by atoms with E-state index < -0.39 is 5.91 Å². The van der Waals surface area contributed by atoms with Crippen molar-refractivity contribution in [1.82, 2.24) is 5.43 Å². The highest BCUT2D eigenvalue weighted by Crippen LogP contribution is 2.24. The molecule has 0 heterocycles. The number of carbonyl (C=O) groups excluding carboxylic acids is 1. The zero-order chi connectivity index (χ0) is 17.1. The Labute approximate surface area is 138 Å². The lowest BCUT2D eigenvalue weighted by atomic mass is 10.1. The van der Waals surface area contributed by atoms with E-state index in [-0.39, 0.29) is 17.1 Å². The normalized spacial score (nSPS) is 11.1. The predicted octanol–water partition coefficient (Wildman–Crippen LogP) is 3.76. The van der Waals surface area contributed by atoms with Gasteiger partial charge >= 0.3 is 0 Å². The fourth-order valence-corrected chi connectivity index (χ4v) is 2.47. The van der Waals surface area contributed by atoms with Crippen molar-refractivity contribution in [3.05, 3.63) is 77.1 Å². The molecule has 0 fully saturated rings. The standard InChI is InChI=1S/C19H15FN2O2/c1-12-6-13(8-16(20)7-12)11-21-22-19(24)17-9-14-4-2-3-5-15(14)10-18(17)23/h2-11,23H,1H3,(H,22,24)/b21-11+. The summed E-state index contributed by atoms with van der Waals surface area (Å²) in [5, 5.41) is 15.5. The van der Waals surface area contributed by atoms with Gasteiger partial charge in [0.15, 0.2) is 0 Å². The Balaban J connectivity index is 1.79. The lowest BCUT2D eigenvalue weighted by Crippen LogP contribution is -2.17. The second-order valence-electron chi connectivity index (χ2n) is 5.48. The van der Waals surface area contributed by atoms with Crippen LogP contribution in [0.1, 0.15) is 21.5 Å². The van der Waals surface area contributed by atoms with Crippen molar-refractivity contribution >= 4 is 22.9 Å². The maximum absolute atomic E-state index is 13.3. The molecule has 120 valence electrons. The third-order valence-electron chi connectivity index (χ3n) is 3.55. The number of aromatic hydroxyl groups is 1. The molecule has 0 spiro atoms. The first-order valence-electron chi connectivity index (χ1n) is 7.35. The first-order valence-corrected chi connectivity index (χ1v) is 7.35. The van der Waals surface area contributed by atoms with Gasteiger partial charge < -0.3 is 5.11 Å². The summed E-state index contributed by atoms with van der Waals surface area (Å²) < 4.78 is 13.3. The number of hydrogen-bond acceptors (Lipinski definition) is 3.